The smallest absolute Gasteiger partial charge is 0.229 e. The van der Waals surface area contributed by atoms with Gasteiger partial charge in [-0.1, -0.05) is 60.7 Å². The number of methoxy groups -OCH3 is 1. The Morgan fingerprint density at radius 1 is 0.853 bits per heavy atom. The maximum atomic E-state index is 11.4. The Balaban J connectivity index is 1.34. The van der Waals surface area contributed by atoms with Crippen molar-refractivity contribution in [3.63, 3.8) is 0 Å². The lowest BCUT2D eigenvalue weighted by Crippen LogP contribution is -2.63. The number of rotatable bonds is 7. The third-order valence-corrected chi connectivity index (χ3v) is 5.98. The van der Waals surface area contributed by atoms with Crippen molar-refractivity contribution in [1.82, 2.24) is 0 Å². The van der Waals surface area contributed by atoms with Crippen LogP contribution in [0.5, 0.6) is 11.5 Å². The molecule has 2 fully saturated rings. The molecule has 178 valence electrons. The van der Waals surface area contributed by atoms with Crippen molar-refractivity contribution >= 4 is 0 Å². The first-order valence-corrected chi connectivity index (χ1v) is 11.3. The van der Waals surface area contributed by atoms with Gasteiger partial charge in [-0.15, -0.1) is 0 Å². The Hall–Kier alpha value is -2.94. The lowest BCUT2D eigenvalue weighted by atomic mass is 9.97. The average Bonchev–Trinajstić information content (AvgIpc) is 2.90. The minimum atomic E-state index is -0.985. The van der Waals surface area contributed by atoms with Crippen LogP contribution < -0.4 is 9.47 Å². The highest BCUT2D eigenvalue weighted by atomic mass is 16.8. The minimum absolute atomic E-state index is 0.259. The Morgan fingerprint density at radius 3 is 2.24 bits per heavy atom. The van der Waals surface area contributed by atoms with Gasteiger partial charge in [0.05, 0.1) is 20.3 Å². The molecule has 34 heavy (non-hydrogen) atoms. The zero-order chi connectivity index (χ0) is 23.3. The summed E-state index contributed by atoms with van der Waals surface area (Å²) in [7, 11) is 1.61. The fourth-order valence-corrected chi connectivity index (χ4v) is 4.17. The molecule has 0 bridgehead atoms. The molecule has 2 heterocycles. The maximum absolute atomic E-state index is 11.4. The zero-order valence-corrected chi connectivity index (χ0v) is 18.9. The first-order chi connectivity index (χ1) is 16.7. The molecule has 0 radical (unpaired) electrons. The third-order valence-electron chi connectivity index (χ3n) is 5.98. The Labute approximate surface area is 198 Å². The van der Waals surface area contributed by atoms with E-state index in [1.54, 1.807) is 31.4 Å². The third kappa shape index (κ3) is 5.09. The van der Waals surface area contributed by atoms with E-state index in [4.69, 9.17) is 28.4 Å². The van der Waals surface area contributed by atoms with Crippen molar-refractivity contribution in [2.24, 2.45) is 0 Å². The highest BCUT2D eigenvalue weighted by molar-refractivity contribution is 5.31. The molecule has 2 aliphatic heterocycles. The van der Waals surface area contributed by atoms with Gasteiger partial charge in [0.1, 0.15) is 35.9 Å². The number of hydrogen-bond acceptors (Lipinski definition) is 7. The van der Waals surface area contributed by atoms with Gasteiger partial charge in [0, 0.05) is 5.56 Å². The van der Waals surface area contributed by atoms with Crippen LogP contribution in [-0.2, 0) is 25.6 Å². The molecule has 0 amide bonds. The normalized spacial score (nSPS) is 28.6. The molecule has 0 spiro atoms. The van der Waals surface area contributed by atoms with Gasteiger partial charge in [-0.3, -0.25) is 0 Å². The van der Waals surface area contributed by atoms with E-state index < -0.39 is 37.0 Å². The predicted octanol–water partition coefficient (Wildman–Crippen LogP) is 3.86. The Kier molecular flexibility index (Phi) is 7.08. The maximum Gasteiger partial charge on any atom is 0.229 e. The predicted molar refractivity (Wildman–Crippen MR) is 123 cm³/mol. The number of benzene rings is 3. The van der Waals surface area contributed by atoms with Gasteiger partial charge in [-0.2, -0.15) is 0 Å². The van der Waals surface area contributed by atoms with E-state index in [-0.39, 0.29) is 6.61 Å². The van der Waals surface area contributed by atoms with Crippen LogP contribution >= 0.6 is 0 Å². The zero-order valence-electron chi connectivity index (χ0n) is 18.9. The first-order valence-electron chi connectivity index (χ1n) is 11.3. The van der Waals surface area contributed by atoms with Gasteiger partial charge in [-0.05, 0) is 29.8 Å². The molecule has 1 N–H and O–H groups in total. The summed E-state index contributed by atoms with van der Waals surface area (Å²) in [6.07, 6.45) is -4.34. The number of fused-ring (bicyclic) bond motifs is 1. The van der Waals surface area contributed by atoms with Gasteiger partial charge in [0.2, 0.25) is 6.29 Å². The summed E-state index contributed by atoms with van der Waals surface area (Å²) in [4.78, 5) is 0. The lowest BCUT2D eigenvalue weighted by Gasteiger charge is -2.47. The summed E-state index contributed by atoms with van der Waals surface area (Å²) < 4.78 is 35.8. The second-order valence-electron chi connectivity index (χ2n) is 8.26. The fraction of sp³-hybridized carbons (Fsp3) is 0.333. The van der Waals surface area contributed by atoms with Crippen molar-refractivity contribution < 1.29 is 33.5 Å². The van der Waals surface area contributed by atoms with Crippen LogP contribution in [0.2, 0.25) is 0 Å². The summed E-state index contributed by atoms with van der Waals surface area (Å²) in [5, 5.41) is 11.4. The molecule has 7 nitrogen and oxygen atoms in total. The summed E-state index contributed by atoms with van der Waals surface area (Å²) >= 11 is 0. The topological polar surface area (TPSA) is 75.6 Å². The van der Waals surface area contributed by atoms with Crippen molar-refractivity contribution in [3.05, 3.63) is 96.1 Å². The average molecular weight is 465 g/mol. The van der Waals surface area contributed by atoms with Crippen LogP contribution in [-0.4, -0.2) is 49.5 Å². The molecule has 2 aliphatic rings. The Morgan fingerprint density at radius 2 is 1.53 bits per heavy atom. The van der Waals surface area contributed by atoms with Gasteiger partial charge in [0.25, 0.3) is 0 Å². The molecule has 0 saturated carbocycles. The lowest BCUT2D eigenvalue weighted by molar-refractivity contribution is -0.355. The van der Waals surface area contributed by atoms with Crippen molar-refractivity contribution in [2.45, 2.75) is 43.6 Å². The number of aliphatic hydroxyl groups is 1. The highest BCUT2D eigenvalue weighted by Crippen LogP contribution is 2.36. The molecule has 6 atom stereocenters. The molecule has 3 aromatic rings. The molecular formula is C27H28O7. The van der Waals surface area contributed by atoms with Gasteiger partial charge in [-0.25, -0.2) is 0 Å². The van der Waals surface area contributed by atoms with Crippen molar-refractivity contribution in [1.29, 1.82) is 0 Å². The molecule has 7 heteroatoms. The highest BCUT2D eigenvalue weighted by Gasteiger charge is 2.51. The van der Waals surface area contributed by atoms with Gasteiger partial charge < -0.3 is 33.5 Å². The van der Waals surface area contributed by atoms with E-state index in [1.165, 1.54) is 0 Å². The monoisotopic (exact) mass is 464 g/mol. The second kappa shape index (κ2) is 10.5. The second-order valence-corrected chi connectivity index (χ2v) is 8.26. The van der Waals surface area contributed by atoms with Crippen LogP contribution in [0.1, 0.15) is 17.4 Å². The number of ether oxygens (including phenoxy) is 6. The standard InChI is InChI=1S/C27H28O7/c1-29-20-12-14-21(15-13-20)32-27-25(30-16-18-8-4-2-5-9-18)23(28)24-22(33-27)17-31-26(34-24)19-10-6-3-7-11-19/h2-15,22-28H,16-17H2,1H3/t22-,23+,24-,25-,26?,27-/m1/s1. The Bertz CT molecular complexity index is 1030. The van der Waals surface area contributed by atoms with Crippen LogP contribution in [0.3, 0.4) is 0 Å². The van der Waals surface area contributed by atoms with E-state index in [9.17, 15) is 5.11 Å². The van der Waals surface area contributed by atoms with Gasteiger partial charge in [0.15, 0.2) is 6.29 Å². The quantitative estimate of drug-likeness (QED) is 0.569. The fourth-order valence-electron chi connectivity index (χ4n) is 4.17. The molecule has 1 unspecified atom stereocenters. The van der Waals surface area contributed by atoms with E-state index in [0.29, 0.717) is 12.4 Å². The SMILES string of the molecule is COc1ccc(O[C@@H]2O[C@@H]3COC(c4ccccc4)O[C@H]3[C@H](O)[C@H]2OCc2ccccc2)cc1. The largest absolute Gasteiger partial charge is 0.497 e. The molecule has 0 aliphatic carbocycles. The van der Waals surface area contributed by atoms with E-state index >= 15 is 0 Å². The molecule has 2 saturated heterocycles. The van der Waals surface area contributed by atoms with Crippen molar-refractivity contribution in [2.75, 3.05) is 13.7 Å². The number of hydrogen-bond donors (Lipinski definition) is 1. The summed E-state index contributed by atoms with van der Waals surface area (Å²) in [6, 6.07) is 26.6. The van der Waals surface area contributed by atoms with Gasteiger partial charge >= 0.3 is 0 Å². The number of aliphatic hydroxyl groups excluding tert-OH is 1. The first kappa shape index (κ1) is 22.8. The summed E-state index contributed by atoms with van der Waals surface area (Å²) in [6.45, 7) is 0.555. The van der Waals surface area contributed by atoms with Crippen LogP contribution in [0.15, 0.2) is 84.9 Å². The molecule has 5 rings (SSSR count). The van der Waals surface area contributed by atoms with E-state index in [0.717, 1.165) is 16.9 Å². The molecule has 3 aromatic carbocycles. The van der Waals surface area contributed by atoms with Crippen LogP contribution in [0, 0.1) is 0 Å². The van der Waals surface area contributed by atoms with Crippen LogP contribution in [0.4, 0.5) is 0 Å². The van der Waals surface area contributed by atoms with E-state index in [1.807, 2.05) is 60.7 Å². The van der Waals surface area contributed by atoms with Crippen molar-refractivity contribution in [3.8, 4) is 11.5 Å². The molecular weight excluding hydrogens is 436 g/mol. The summed E-state index contributed by atoms with van der Waals surface area (Å²) in [5.74, 6) is 1.29. The molecule has 0 aromatic heterocycles. The van der Waals surface area contributed by atoms with Crippen LogP contribution in [0.25, 0.3) is 0 Å². The van der Waals surface area contributed by atoms with E-state index in [2.05, 4.69) is 0 Å². The summed E-state index contributed by atoms with van der Waals surface area (Å²) in [5.41, 5.74) is 1.86. The minimum Gasteiger partial charge on any atom is -0.497 e.